The Labute approximate surface area is 136 Å². The van der Waals surface area contributed by atoms with E-state index in [1.165, 1.54) is 19.2 Å². The average molecular weight is 392 g/mol. The zero-order valence-corrected chi connectivity index (χ0v) is 14.1. The highest BCUT2D eigenvalue weighted by Gasteiger charge is 2.19. The van der Waals surface area contributed by atoms with Gasteiger partial charge >= 0.3 is 0 Å². The fraction of sp³-hybridized carbons (Fsp3) is 0.0769. The minimum Gasteiger partial charge on any atom is -0.455 e. The zero-order chi connectivity index (χ0) is 15.6. The third-order valence-electron chi connectivity index (χ3n) is 2.64. The molecule has 0 aliphatic rings. The second-order valence-electron chi connectivity index (χ2n) is 4.09. The van der Waals surface area contributed by atoms with Gasteiger partial charge in [0.1, 0.15) is 16.4 Å². The van der Waals surface area contributed by atoms with Crippen molar-refractivity contribution in [3.63, 3.8) is 0 Å². The SMILES string of the molecule is CNS(=O)(=O)c1cc(N)ccc1Oc1ccc(Cl)cc1Br. The number of halogens is 2. The Morgan fingerprint density at radius 2 is 1.86 bits per heavy atom. The summed E-state index contributed by atoms with van der Waals surface area (Å²) in [4.78, 5) is -0.0353. The van der Waals surface area contributed by atoms with E-state index in [0.717, 1.165) is 0 Å². The number of sulfonamides is 1. The molecule has 21 heavy (non-hydrogen) atoms. The van der Waals surface area contributed by atoms with Gasteiger partial charge < -0.3 is 10.5 Å². The van der Waals surface area contributed by atoms with Crippen LogP contribution in [0.15, 0.2) is 45.8 Å². The van der Waals surface area contributed by atoms with Crippen LogP contribution in [-0.4, -0.2) is 15.5 Å². The third kappa shape index (κ3) is 3.68. The van der Waals surface area contributed by atoms with Crippen molar-refractivity contribution in [2.24, 2.45) is 0 Å². The summed E-state index contributed by atoms with van der Waals surface area (Å²) < 4.78 is 32.6. The van der Waals surface area contributed by atoms with Gasteiger partial charge in [-0.2, -0.15) is 0 Å². The van der Waals surface area contributed by atoms with Gasteiger partial charge in [-0.1, -0.05) is 11.6 Å². The molecule has 2 aromatic rings. The molecule has 0 atom stereocenters. The molecule has 0 spiro atoms. The monoisotopic (exact) mass is 390 g/mol. The van der Waals surface area contributed by atoms with Gasteiger partial charge in [0, 0.05) is 10.7 Å². The fourth-order valence-corrected chi connectivity index (χ4v) is 3.25. The molecule has 0 amide bonds. The van der Waals surface area contributed by atoms with Crippen molar-refractivity contribution in [1.29, 1.82) is 0 Å². The van der Waals surface area contributed by atoms with Gasteiger partial charge in [0.25, 0.3) is 0 Å². The van der Waals surface area contributed by atoms with Crippen LogP contribution in [-0.2, 0) is 10.0 Å². The Morgan fingerprint density at radius 1 is 1.19 bits per heavy atom. The van der Waals surface area contributed by atoms with Crippen molar-refractivity contribution in [1.82, 2.24) is 4.72 Å². The number of nitrogens with two attached hydrogens (primary N) is 1. The number of nitrogen functional groups attached to an aromatic ring is 1. The number of hydrogen-bond acceptors (Lipinski definition) is 4. The van der Waals surface area contributed by atoms with Crippen LogP contribution in [0.1, 0.15) is 0 Å². The summed E-state index contributed by atoms with van der Waals surface area (Å²) in [6, 6.07) is 9.34. The largest absolute Gasteiger partial charge is 0.455 e. The van der Waals surface area contributed by atoms with E-state index in [1.54, 1.807) is 24.3 Å². The van der Waals surface area contributed by atoms with Gasteiger partial charge in [0.15, 0.2) is 0 Å². The molecule has 2 aromatic carbocycles. The fourth-order valence-electron chi connectivity index (χ4n) is 1.61. The summed E-state index contributed by atoms with van der Waals surface area (Å²) in [6.07, 6.45) is 0. The minimum atomic E-state index is -3.69. The molecule has 0 heterocycles. The van der Waals surface area contributed by atoms with Gasteiger partial charge in [-0.3, -0.25) is 0 Å². The molecule has 0 radical (unpaired) electrons. The normalized spacial score (nSPS) is 11.4. The number of rotatable bonds is 4. The van der Waals surface area contributed by atoms with Crippen molar-refractivity contribution in [3.05, 3.63) is 45.9 Å². The van der Waals surface area contributed by atoms with Gasteiger partial charge in [-0.05, 0) is 59.4 Å². The van der Waals surface area contributed by atoms with Crippen LogP contribution in [0.25, 0.3) is 0 Å². The third-order valence-corrected chi connectivity index (χ3v) is 4.93. The van der Waals surface area contributed by atoms with Crippen LogP contribution in [0.5, 0.6) is 11.5 Å². The van der Waals surface area contributed by atoms with Gasteiger partial charge in [-0.15, -0.1) is 0 Å². The number of anilines is 1. The lowest BCUT2D eigenvalue weighted by molar-refractivity contribution is 0.464. The van der Waals surface area contributed by atoms with Crippen LogP contribution in [0, 0.1) is 0 Å². The highest BCUT2D eigenvalue weighted by atomic mass is 79.9. The topological polar surface area (TPSA) is 81.4 Å². The molecule has 0 aromatic heterocycles. The molecule has 2 rings (SSSR count). The van der Waals surface area contributed by atoms with Crippen LogP contribution in [0.2, 0.25) is 5.02 Å². The van der Waals surface area contributed by atoms with E-state index < -0.39 is 10.0 Å². The first-order chi connectivity index (χ1) is 9.83. The van der Waals surface area contributed by atoms with Gasteiger partial charge in [0.05, 0.1) is 4.47 Å². The number of hydrogen-bond donors (Lipinski definition) is 2. The highest BCUT2D eigenvalue weighted by molar-refractivity contribution is 9.10. The van der Waals surface area contributed by atoms with E-state index in [2.05, 4.69) is 20.7 Å². The molecule has 112 valence electrons. The van der Waals surface area contributed by atoms with Crippen LogP contribution in [0.4, 0.5) is 5.69 Å². The van der Waals surface area contributed by atoms with E-state index >= 15 is 0 Å². The maximum atomic E-state index is 12.0. The lowest BCUT2D eigenvalue weighted by atomic mass is 10.3. The second-order valence-corrected chi connectivity index (χ2v) is 7.24. The Morgan fingerprint density at radius 3 is 2.48 bits per heavy atom. The first kappa shape index (κ1) is 16.1. The molecule has 0 saturated heterocycles. The Balaban J connectivity index is 2.50. The highest BCUT2D eigenvalue weighted by Crippen LogP contribution is 2.35. The molecule has 0 bridgehead atoms. The lowest BCUT2D eigenvalue weighted by Gasteiger charge is -2.13. The molecule has 3 N–H and O–H groups in total. The summed E-state index contributed by atoms with van der Waals surface area (Å²) in [5.74, 6) is 0.610. The molecular formula is C13H12BrClN2O3S. The Bertz CT molecular complexity index is 781. The quantitative estimate of drug-likeness (QED) is 0.783. The van der Waals surface area contributed by atoms with Crippen LogP contribution >= 0.6 is 27.5 Å². The van der Waals surface area contributed by atoms with Crippen LogP contribution < -0.4 is 15.2 Å². The van der Waals surface area contributed by atoms with E-state index in [0.29, 0.717) is 20.9 Å². The molecule has 8 heteroatoms. The van der Waals surface area contributed by atoms with Gasteiger partial charge in [0.2, 0.25) is 10.0 Å². The predicted molar refractivity (Wildman–Crippen MR) is 86.3 cm³/mol. The van der Waals surface area contributed by atoms with Crippen LogP contribution in [0.3, 0.4) is 0 Å². The molecule has 0 saturated carbocycles. The molecule has 0 unspecified atom stereocenters. The molecule has 0 aliphatic heterocycles. The van der Waals surface area contributed by atoms with Gasteiger partial charge in [-0.25, -0.2) is 13.1 Å². The summed E-state index contributed by atoms with van der Waals surface area (Å²) in [5.41, 5.74) is 5.97. The van der Waals surface area contributed by atoms with Crippen molar-refractivity contribution < 1.29 is 13.2 Å². The Hall–Kier alpha value is -1.28. The molecule has 0 aliphatic carbocycles. The molecular weight excluding hydrogens is 380 g/mol. The molecule has 0 fully saturated rings. The van der Waals surface area contributed by atoms with E-state index in [-0.39, 0.29) is 10.6 Å². The van der Waals surface area contributed by atoms with Crippen molar-refractivity contribution in [2.45, 2.75) is 4.90 Å². The summed E-state index contributed by atoms with van der Waals surface area (Å²) in [7, 11) is -2.37. The lowest BCUT2D eigenvalue weighted by Crippen LogP contribution is -2.19. The number of nitrogens with one attached hydrogen (secondary N) is 1. The number of benzene rings is 2. The average Bonchev–Trinajstić information content (AvgIpc) is 2.43. The maximum absolute atomic E-state index is 12.0. The van der Waals surface area contributed by atoms with Crippen molar-refractivity contribution in [2.75, 3.05) is 12.8 Å². The maximum Gasteiger partial charge on any atom is 0.244 e. The number of ether oxygens (including phenoxy) is 1. The standard InChI is InChI=1S/C13H12BrClN2O3S/c1-17-21(18,19)13-7-9(16)3-5-12(13)20-11-4-2-8(15)6-10(11)14/h2-7,17H,16H2,1H3. The van der Waals surface area contributed by atoms with Crippen molar-refractivity contribution in [3.8, 4) is 11.5 Å². The molecule has 5 nitrogen and oxygen atoms in total. The van der Waals surface area contributed by atoms with E-state index in [4.69, 9.17) is 22.1 Å². The van der Waals surface area contributed by atoms with Crippen molar-refractivity contribution >= 4 is 43.2 Å². The minimum absolute atomic E-state index is 0.0353. The van der Waals surface area contributed by atoms with E-state index in [9.17, 15) is 8.42 Å². The smallest absolute Gasteiger partial charge is 0.244 e. The second kappa shape index (κ2) is 6.23. The zero-order valence-electron chi connectivity index (χ0n) is 10.9. The first-order valence-electron chi connectivity index (χ1n) is 5.79. The summed E-state index contributed by atoms with van der Waals surface area (Å²) in [6.45, 7) is 0. The van der Waals surface area contributed by atoms with E-state index in [1.807, 2.05) is 0 Å². The summed E-state index contributed by atoms with van der Waals surface area (Å²) in [5, 5.41) is 0.537. The predicted octanol–water partition coefficient (Wildman–Crippen LogP) is 3.39. The summed E-state index contributed by atoms with van der Waals surface area (Å²) >= 11 is 9.17. The first-order valence-corrected chi connectivity index (χ1v) is 8.45. The Kier molecular flexibility index (Phi) is 4.77.